The fraction of sp³-hybridized carbons (Fsp3) is 0.500. The van der Waals surface area contributed by atoms with Crippen LogP contribution in [0.4, 0.5) is 0 Å². The molecule has 0 spiro atoms. The van der Waals surface area contributed by atoms with E-state index < -0.39 is 0 Å². The largest absolute Gasteiger partial charge is 0.507 e. The topological polar surface area (TPSA) is 40.5 Å². The first-order chi connectivity index (χ1) is 12.6. The monoisotopic (exact) mass is 354 g/mol. The summed E-state index contributed by atoms with van der Waals surface area (Å²) in [6.07, 6.45) is 7.50. The Kier molecular flexibility index (Phi) is 7.56. The summed E-state index contributed by atoms with van der Waals surface area (Å²) in [4.78, 5) is 0. The smallest absolute Gasteiger partial charge is 0.122 e. The molecule has 0 saturated heterocycles. The van der Waals surface area contributed by atoms with Crippen LogP contribution in [-0.2, 0) is 25.7 Å². The molecule has 0 aliphatic rings. The van der Waals surface area contributed by atoms with Gasteiger partial charge in [-0.25, -0.2) is 0 Å². The van der Waals surface area contributed by atoms with Crippen LogP contribution in [0.3, 0.4) is 0 Å². The van der Waals surface area contributed by atoms with E-state index in [-0.39, 0.29) is 0 Å². The van der Waals surface area contributed by atoms with Gasteiger partial charge in [-0.2, -0.15) is 0 Å². The van der Waals surface area contributed by atoms with Gasteiger partial charge in [0.2, 0.25) is 0 Å². The third-order valence-corrected chi connectivity index (χ3v) is 5.06. The van der Waals surface area contributed by atoms with Crippen molar-refractivity contribution in [2.45, 2.75) is 79.1 Å². The summed E-state index contributed by atoms with van der Waals surface area (Å²) in [6, 6.07) is 8.40. The maximum atomic E-state index is 10.9. The maximum Gasteiger partial charge on any atom is 0.122 e. The van der Waals surface area contributed by atoms with Crippen molar-refractivity contribution in [2.24, 2.45) is 0 Å². The van der Waals surface area contributed by atoms with E-state index in [9.17, 15) is 10.2 Å². The van der Waals surface area contributed by atoms with Crippen LogP contribution < -0.4 is 0 Å². The third-order valence-electron chi connectivity index (χ3n) is 5.06. The average Bonchev–Trinajstić information content (AvgIpc) is 2.63. The zero-order valence-electron chi connectivity index (χ0n) is 16.9. The molecule has 0 aromatic heterocycles. The quantitative estimate of drug-likeness (QED) is 0.534. The predicted octanol–water partition coefficient (Wildman–Crippen LogP) is 6.57. The Bertz CT molecular complexity index is 668. The second kappa shape index (κ2) is 9.66. The highest BCUT2D eigenvalue weighted by atomic mass is 16.3. The van der Waals surface area contributed by atoms with Crippen LogP contribution in [0.1, 0.15) is 75.6 Å². The lowest BCUT2D eigenvalue weighted by atomic mass is 9.87. The highest BCUT2D eigenvalue weighted by molar-refractivity contribution is 5.76. The van der Waals surface area contributed by atoms with Crippen molar-refractivity contribution in [3.8, 4) is 22.6 Å². The van der Waals surface area contributed by atoms with Gasteiger partial charge in [-0.3, -0.25) is 0 Å². The first-order valence-corrected chi connectivity index (χ1v) is 10.3. The van der Waals surface area contributed by atoms with E-state index in [0.717, 1.165) is 84.7 Å². The number of aromatic hydroxyl groups is 2. The lowest BCUT2D eigenvalue weighted by Gasteiger charge is -2.19. The summed E-state index contributed by atoms with van der Waals surface area (Å²) in [5.74, 6) is 0.900. The van der Waals surface area contributed by atoms with Crippen molar-refractivity contribution in [3.05, 3.63) is 46.5 Å². The van der Waals surface area contributed by atoms with Gasteiger partial charge in [0.05, 0.1) is 0 Å². The Morgan fingerprint density at radius 3 is 1.19 bits per heavy atom. The Balaban J connectivity index is 2.66. The summed E-state index contributed by atoms with van der Waals surface area (Å²) in [7, 11) is 0. The normalized spacial score (nSPS) is 11.1. The molecule has 142 valence electrons. The molecule has 0 saturated carbocycles. The Morgan fingerprint density at radius 2 is 0.885 bits per heavy atom. The molecule has 0 unspecified atom stereocenters. The maximum absolute atomic E-state index is 10.9. The fourth-order valence-corrected chi connectivity index (χ4v) is 3.82. The number of phenols is 2. The molecule has 26 heavy (non-hydrogen) atoms. The number of aryl methyl sites for hydroxylation is 2. The van der Waals surface area contributed by atoms with Gasteiger partial charge in [0, 0.05) is 11.1 Å². The van der Waals surface area contributed by atoms with Gasteiger partial charge in [-0.05, 0) is 47.9 Å². The first kappa shape index (κ1) is 20.4. The summed E-state index contributed by atoms with van der Waals surface area (Å²) in [5.41, 5.74) is 6.26. The van der Waals surface area contributed by atoms with Gasteiger partial charge in [-0.15, -0.1) is 0 Å². The van der Waals surface area contributed by atoms with E-state index in [0.29, 0.717) is 11.5 Å². The highest BCUT2D eigenvalue weighted by Crippen LogP contribution is 2.40. The predicted molar refractivity (Wildman–Crippen MR) is 111 cm³/mol. The Hall–Kier alpha value is -1.96. The molecule has 0 radical (unpaired) electrons. The molecule has 2 nitrogen and oxygen atoms in total. The van der Waals surface area contributed by atoms with E-state index in [2.05, 4.69) is 52.0 Å². The van der Waals surface area contributed by atoms with Crippen molar-refractivity contribution in [3.63, 3.8) is 0 Å². The summed E-state index contributed by atoms with van der Waals surface area (Å²) < 4.78 is 0. The number of phenolic OH excluding ortho intramolecular Hbond substituents is 2. The van der Waals surface area contributed by atoms with Gasteiger partial charge in [0.15, 0.2) is 0 Å². The molecule has 2 N–H and O–H groups in total. The third kappa shape index (κ3) is 4.23. The van der Waals surface area contributed by atoms with Gasteiger partial charge in [-0.1, -0.05) is 77.6 Å². The number of hydrogen-bond acceptors (Lipinski definition) is 2. The van der Waals surface area contributed by atoms with E-state index in [1.165, 1.54) is 0 Å². The van der Waals surface area contributed by atoms with Gasteiger partial charge < -0.3 is 10.2 Å². The van der Waals surface area contributed by atoms with Gasteiger partial charge >= 0.3 is 0 Å². The molecule has 0 aliphatic heterocycles. The van der Waals surface area contributed by atoms with Crippen molar-refractivity contribution in [1.82, 2.24) is 0 Å². The summed E-state index contributed by atoms with van der Waals surface area (Å²) in [5, 5.41) is 21.7. The van der Waals surface area contributed by atoms with Crippen molar-refractivity contribution >= 4 is 0 Å². The van der Waals surface area contributed by atoms with Crippen molar-refractivity contribution in [2.75, 3.05) is 0 Å². The standard InChI is InChI=1S/C24H34O2/c1-5-9-17-13-15-19(21(11-7-3)23(17)25)20-16-14-18(10-6-2)24(26)22(20)12-8-4/h13-16,25-26H,5-12H2,1-4H3. The molecule has 2 aromatic carbocycles. The fourth-order valence-electron chi connectivity index (χ4n) is 3.82. The molecule has 0 fully saturated rings. The second-order valence-electron chi connectivity index (χ2n) is 7.20. The van der Waals surface area contributed by atoms with E-state index in [1.54, 1.807) is 0 Å². The Labute approximate surface area is 158 Å². The van der Waals surface area contributed by atoms with E-state index >= 15 is 0 Å². The van der Waals surface area contributed by atoms with Crippen molar-refractivity contribution in [1.29, 1.82) is 0 Å². The zero-order valence-corrected chi connectivity index (χ0v) is 16.9. The lowest BCUT2D eigenvalue weighted by Crippen LogP contribution is -2.00. The van der Waals surface area contributed by atoms with Crippen LogP contribution in [0.15, 0.2) is 24.3 Å². The molecule has 0 bridgehead atoms. The molecule has 2 aromatic rings. The average molecular weight is 355 g/mol. The lowest BCUT2D eigenvalue weighted by molar-refractivity contribution is 0.458. The molecule has 0 amide bonds. The van der Waals surface area contributed by atoms with Gasteiger partial charge in [0.25, 0.3) is 0 Å². The highest BCUT2D eigenvalue weighted by Gasteiger charge is 2.18. The van der Waals surface area contributed by atoms with Crippen LogP contribution in [0.2, 0.25) is 0 Å². The minimum atomic E-state index is 0.450. The molecule has 2 rings (SSSR count). The van der Waals surface area contributed by atoms with E-state index in [1.807, 2.05) is 0 Å². The van der Waals surface area contributed by atoms with Crippen LogP contribution in [-0.4, -0.2) is 10.2 Å². The number of hydrogen-bond donors (Lipinski definition) is 2. The Morgan fingerprint density at radius 1 is 0.538 bits per heavy atom. The molecule has 0 aliphatic carbocycles. The molecule has 0 heterocycles. The molecule has 2 heteroatoms. The summed E-state index contributed by atoms with van der Waals surface area (Å²) in [6.45, 7) is 8.56. The second-order valence-corrected chi connectivity index (χ2v) is 7.20. The SMILES string of the molecule is CCCc1ccc(-c2ccc(CCC)c(O)c2CCC)c(CCC)c1O. The van der Waals surface area contributed by atoms with Crippen molar-refractivity contribution < 1.29 is 10.2 Å². The minimum absolute atomic E-state index is 0.450. The first-order valence-electron chi connectivity index (χ1n) is 10.3. The minimum Gasteiger partial charge on any atom is -0.507 e. The van der Waals surface area contributed by atoms with Crippen LogP contribution in [0, 0.1) is 0 Å². The van der Waals surface area contributed by atoms with Crippen LogP contribution in [0.25, 0.3) is 11.1 Å². The summed E-state index contributed by atoms with van der Waals surface area (Å²) >= 11 is 0. The number of benzene rings is 2. The molecular weight excluding hydrogens is 320 g/mol. The van der Waals surface area contributed by atoms with Crippen LogP contribution in [0.5, 0.6) is 11.5 Å². The number of rotatable bonds is 9. The molecule has 0 atom stereocenters. The van der Waals surface area contributed by atoms with Crippen LogP contribution >= 0.6 is 0 Å². The van der Waals surface area contributed by atoms with Gasteiger partial charge in [0.1, 0.15) is 11.5 Å². The van der Waals surface area contributed by atoms with E-state index in [4.69, 9.17) is 0 Å². The molecular formula is C24H34O2. The zero-order chi connectivity index (χ0) is 19.1.